The summed E-state index contributed by atoms with van der Waals surface area (Å²) in [6.07, 6.45) is 0.557. The topological polar surface area (TPSA) is 58.6 Å². The lowest BCUT2D eigenvalue weighted by Gasteiger charge is -2.24. The van der Waals surface area contributed by atoms with Crippen molar-refractivity contribution < 1.29 is 27.5 Å². The zero-order chi connectivity index (χ0) is 19.6. The highest BCUT2D eigenvalue weighted by Crippen LogP contribution is 2.49. The molecule has 3 atom stereocenters. The molecule has 2 saturated carbocycles. The maximum Gasteiger partial charge on any atom is 0.573 e. The van der Waals surface area contributed by atoms with Crippen LogP contribution in [0.2, 0.25) is 0 Å². The van der Waals surface area contributed by atoms with E-state index < -0.39 is 12.3 Å². The lowest BCUT2D eigenvalue weighted by atomic mass is 9.86. The summed E-state index contributed by atoms with van der Waals surface area (Å²) in [6.45, 7) is -0.0968. The molecular formula is C19H23F3N2O3. The Balaban J connectivity index is 1.44. The van der Waals surface area contributed by atoms with Gasteiger partial charge in [0.05, 0.1) is 6.54 Å². The number of likely N-dealkylation sites (N-methyl/N-ethyl adjacent to an activating group) is 1. The molecule has 27 heavy (non-hydrogen) atoms. The SMILES string of the molecule is CN(CC(=O)Nc1ccc(OC(F)(F)F)cc1)C(=O)C[C@H]1C[C@H]2CC[C@H]1C2. The summed E-state index contributed by atoms with van der Waals surface area (Å²) in [5.41, 5.74) is 0.337. The smallest absolute Gasteiger partial charge is 0.406 e. The minimum absolute atomic E-state index is 0.0448. The Morgan fingerprint density at radius 2 is 1.89 bits per heavy atom. The predicted molar refractivity (Wildman–Crippen MR) is 92.9 cm³/mol. The summed E-state index contributed by atoms with van der Waals surface area (Å²) >= 11 is 0. The van der Waals surface area contributed by atoms with Gasteiger partial charge in [0.2, 0.25) is 11.8 Å². The van der Waals surface area contributed by atoms with Crippen LogP contribution in [-0.2, 0) is 9.59 Å². The van der Waals surface area contributed by atoms with Gasteiger partial charge in [-0.2, -0.15) is 0 Å². The lowest BCUT2D eigenvalue weighted by molar-refractivity contribution is -0.274. The summed E-state index contributed by atoms with van der Waals surface area (Å²) in [6, 6.07) is 4.87. The van der Waals surface area contributed by atoms with Crippen LogP contribution in [0.1, 0.15) is 32.1 Å². The van der Waals surface area contributed by atoms with Gasteiger partial charge in [0, 0.05) is 19.2 Å². The molecule has 0 spiro atoms. The van der Waals surface area contributed by atoms with E-state index >= 15 is 0 Å². The van der Waals surface area contributed by atoms with Crippen molar-refractivity contribution in [3.05, 3.63) is 24.3 Å². The van der Waals surface area contributed by atoms with E-state index in [1.54, 1.807) is 7.05 Å². The minimum atomic E-state index is -4.76. The Kier molecular flexibility index (Phi) is 5.62. The molecule has 0 heterocycles. The van der Waals surface area contributed by atoms with Gasteiger partial charge < -0.3 is 15.0 Å². The number of fused-ring (bicyclic) bond motifs is 2. The number of nitrogens with one attached hydrogen (secondary N) is 1. The first-order valence-electron chi connectivity index (χ1n) is 9.09. The molecule has 2 aliphatic rings. The molecule has 2 fully saturated rings. The largest absolute Gasteiger partial charge is 0.573 e. The van der Waals surface area contributed by atoms with E-state index in [1.807, 2.05) is 0 Å². The van der Waals surface area contributed by atoms with Crippen LogP contribution >= 0.6 is 0 Å². The summed E-state index contributed by atoms with van der Waals surface area (Å²) in [7, 11) is 1.59. The van der Waals surface area contributed by atoms with Crippen LogP contribution in [-0.4, -0.2) is 36.7 Å². The van der Waals surface area contributed by atoms with Crippen molar-refractivity contribution >= 4 is 17.5 Å². The van der Waals surface area contributed by atoms with Crippen LogP contribution in [0.15, 0.2) is 24.3 Å². The van der Waals surface area contributed by atoms with Gasteiger partial charge >= 0.3 is 6.36 Å². The first kappa shape index (κ1) is 19.5. The lowest BCUT2D eigenvalue weighted by Crippen LogP contribution is -2.36. The number of amides is 2. The number of benzene rings is 1. The van der Waals surface area contributed by atoms with Crippen LogP contribution in [0.5, 0.6) is 5.75 Å². The number of ether oxygens (including phenoxy) is 1. The van der Waals surface area contributed by atoms with Crippen LogP contribution in [0.4, 0.5) is 18.9 Å². The van der Waals surface area contributed by atoms with Crippen LogP contribution in [0.25, 0.3) is 0 Å². The number of carbonyl (C=O) groups is 2. The van der Waals surface area contributed by atoms with Crippen molar-refractivity contribution in [3.8, 4) is 5.75 Å². The highest BCUT2D eigenvalue weighted by molar-refractivity contribution is 5.94. The quantitative estimate of drug-likeness (QED) is 0.812. The summed E-state index contributed by atoms with van der Waals surface area (Å²) in [5.74, 6) is 1.05. The van der Waals surface area contributed by atoms with Gasteiger partial charge in [0.25, 0.3) is 0 Å². The third kappa shape index (κ3) is 5.37. The molecule has 0 radical (unpaired) electrons. The van der Waals surface area contributed by atoms with Crippen molar-refractivity contribution in [2.45, 2.75) is 38.5 Å². The second-order valence-electron chi connectivity index (χ2n) is 7.51. The molecular weight excluding hydrogens is 361 g/mol. The maximum absolute atomic E-state index is 12.4. The average molecular weight is 384 g/mol. The number of carbonyl (C=O) groups excluding carboxylic acids is 2. The van der Waals surface area contributed by atoms with E-state index in [0.717, 1.165) is 24.5 Å². The van der Waals surface area contributed by atoms with Crippen molar-refractivity contribution in [1.29, 1.82) is 0 Å². The standard InChI is InChI=1S/C19H23F3N2O3/c1-24(18(26)10-14-9-12-2-3-13(14)8-12)11-17(25)23-15-4-6-16(7-5-15)27-19(20,21)22/h4-7,12-14H,2-3,8-11H2,1H3,(H,23,25)/t12-,13-,14+/m0/s1. The highest BCUT2D eigenvalue weighted by atomic mass is 19.4. The molecule has 0 unspecified atom stereocenters. The van der Waals surface area contributed by atoms with E-state index in [-0.39, 0.29) is 18.2 Å². The van der Waals surface area contributed by atoms with E-state index in [1.165, 1.54) is 36.3 Å². The molecule has 5 nitrogen and oxygen atoms in total. The first-order chi connectivity index (χ1) is 12.7. The number of rotatable bonds is 6. The Bertz CT molecular complexity index is 690. The molecule has 1 aromatic rings. The number of hydrogen-bond donors (Lipinski definition) is 1. The van der Waals surface area contributed by atoms with E-state index in [4.69, 9.17) is 0 Å². The summed E-state index contributed by atoms with van der Waals surface area (Å²) < 4.78 is 40.2. The van der Waals surface area contributed by atoms with Gasteiger partial charge in [-0.15, -0.1) is 13.2 Å². The molecule has 2 aliphatic carbocycles. The average Bonchev–Trinajstić information content (AvgIpc) is 3.18. The van der Waals surface area contributed by atoms with Crippen LogP contribution in [0, 0.1) is 17.8 Å². The maximum atomic E-state index is 12.4. The van der Waals surface area contributed by atoms with Gasteiger partial charge in [0.15, 0.2) is 0 Å². The van der Waals surface area contributed by atoms with Crippen molar-refractivity contribution in [2.24, 2.45) is 17.8 Å². The van der Waals surface area contributed by atoms with E-state index in [9.17, 15) is 22.8 Å². The second kappa shape index (κ2) is 7.78. The van der Waals surface area contributed by atoms with Crippen LogP contribution < -0.4 is 10.1 Å². The molecule has 2 amide bonds. The zero-order valence-corrected chi connectivity index (χ0v) is 15.1. The van der Waals surface area contributed by atoms with Crippen molar-refractivity contribution in [2.75, 3.05) is 18.9 Å². The number of hydrogen-bond acceptors (Lipinski definition) is 3. The molecule has 1 aromatic carbocycles. The fourth-order valence-corrected chi connectivity index (χ4v) is 4.25. The predicted octanol–water partition coefficient (Wildman–Crippen LogP) is 3.81. The van der Waals surface area contributed by atoms with Gasteiger partial charge in [0.1, 0.15) is 5.75 Å². The zero-order valence-electron chi connectivity index (χ0n) is 15.1. The van der Waals surface area contributed by atoms with E-state index in [0.29, 0.717) is 23.9 Å². The highest BCUT2D eigenvalue weighted by Gasteiger charge is 2.40. The Morgan fingerprint density at radius 3 is 2.44 bits per heavy atom. The van der Waals surface area contributed by atoms with E-state index in [2.05, 4.69) is 10.1 Å². The molecule has 2 bridgehead atoms. The number of alkyl halides is 3. The van der Waals surface area contributed by atoms with Gasteiger partial charge in [-0.1, -0.05) is 6.42 Å². The molecule has 1 N–H and O–H groups in total. The molecule has 0 aromatic heterocycles. The molecule has 0 saturated heterocycles. The van der Waals surface area contributed by atoms with Gasteiger partial charge in [-0.3, -0.25) is 9.59 Å². The van der Waals surface area contributed by atoms with Crippen molar-refractivity contribution in [3.63, 3.8) is 0 Å². The van der Waals surface area contributed by atoms with Crippen LogP contribution in [0.3, 0.4) is 0 Å². The molecule has 148 valence electrons. The normalized spacial score (nSPS) is 23.9. The Morgan fingerprint density at radius 1 is 1.19 bits per heavy atom. The summed E-state index contributed by atoms with van der Waals surface area (Å²) in [4.78, 5) is 25.9. The third-order valence-corrected chi connectivity index (χ3v) is 5.50. The first-order valence-corrected chi connectivity index (χ1v) is 9.09. The number of nitrogens with zero attached hydrogens (tertiary/aromatic N) is 1. The van der Waals surface area contributed by atoms with Gasteiger partial charge in [-0.05, 0) is 61.3 Å². The second-order valence-corrected chi connectivity index (χ2v) is 7.51. The molecule has 0 aliphatic heterocycles. The fraction of sp³-hybridized carbons (Fsp3) is 0.579. The number of halogens is 3. The fourth-order valence-electron chi connectivity index (χ4n) is 4.25. The Hall–Kier alpha value is -2.25. The number of anilines is 1. The van der Waals surface area contributed by atoms with Gasteiger partial charge in [-0.25, -0.2) is 0 Å². The Labute approximate surface area is 155 Å². The molecule has 8 heteroatoms. The monoisotopic (exact) mass is 384 g/mol. The van der Waals surface area contributed by atoms with Crippen molar-refractivity contribution in [1.82, 2.24) is 4.90 Å². The minimum Gasteiger partial charge on any atom is -0.406 e. The third-order valence-electron chi connectivity index (χ3n) is 5.50. The summed E-state index contributed by atoms with van der Waals surface area (Å²) in [5, 5.41) is 2.57. The molecule has 3 rings (SSSR count).